The molecule has 0 aliphatic heterocycles. The van der Waals surface area contributed by atoms with Gasteiger partial charge in [0.05, 0.1) is 28.1 Å². The third kappa shape index (κ3) is 2.84. The summed E-state index contributed by atoms with van der Waals surface area (Å²) in [6.07, 6.45) is 4.25. The Labute approximate surface area is 116 Å². The van der Waals surface area contributed by atoms with Crippen LogP contribution in [-0.4, -0.2) is 9.55 Å². The first-order valence-corrected chi connectivity index (χ1v) is 6.23. The van der Waals surface area contributed by atoms with Crippen LogP contribution in [0, 0.1) is 0 Å². The van der Waals surface area contributed by atoms with Crippen LogP contribution >= 0.6 is 23.2 Å². The Kier molecular flexibility index (Phi) is 4.24. The number of aryl methyl sites for hydroxylation is 1. The van der Waals surface area contributed by atoms with E-state index in [1.54, 1.807) is 18.6 Å². The van der Waals surface area contributed by atoms with E-state index in [4.69, 9.17) is 29.0 Å². The van der Waals surface area contributed by atoms with Crippen LogP contribution in [0.25, 0.3) is 0 Å². The van der Waals surface area contributed by atoms with Gasteiger partial charge in [0, 0.05) is 13.2 Å². The Morgan fingerprint density at radius 1 is 1.39 bits per heavy atom. The van der Waals surface area contributed by atoms with Crippen LogP contribution in [-0.2, 0) is 13.5 Å². The molecular weight excluding hydrogens is 271 g/mol. The van der Waals surface area contributed by atoms with Gasteiger partial charge in [-0.25, -0.2) is 4.98 Å². The van der Waals surface area contributed by atoms with E-state index in [0.29, 0.717) is 16.5 Å². The minimum atomic E-state index is -0.0188. The number of hydrogen-bond acceptors (Lipinski definition) is 3. The van der Waals surface area contributed by atoms with Crippen molar-refractivity contribution in [2.24, 2.45) is 12.9 Å². The van der Waals surface area contributed by atoms with E-state index in [1.807, 2.05) is 23.7 Å². The van der Waals surface area contributed by atoms with Gasteiger partial charge in [-0.1, -0.05) is 29.3 Å². The lowest BCUT2D eigenvalue weighted by Crippen LogP contribution is -2.30. The number of imidazole rings is 1. The van der Waals surface area contributed by atoms with Crippen molar-refractivity contribution < 1.29 is 0 Å². The Bertz CT molecular complexity index is 539. The average Bonchev–Trinajstić information content (AvgIpc) is 2.77. The fourth-order valence-electron chi connectivity index (χ4n) is 1.85. The molecule has 0 fully saturated rings. The summed E-state index contributed by atoms with van der Waals surface area (Å²) >= 11 is 11.9. The third-order valence-corrected chi connectivity index (χ3v) is 3.58. The van der Waals surface area contributed by atoms with Gasteiger partial charge in [0.1, 0.15) is 0 Å². The highest BCUT2D eigenvalue weighted by atomic mass is 35.5. The topological polar surface area (TPSA) is 55.9 Å². The molecule has 0 bridgehead atoms. The van der Waals surface area contributed by atoms with Crippen LogP contribution in [0.2, 0.25) is 10.0 Å². The molecule has 0 aliphatic carbocycles. The fourth-order valence-corrected chi connectivity index (χ4v) is 2.18. The molecule has 2 rings (SSSR count). The van der Waals surface area contributed by atoms with Crippen LogP contribution in [0.15, 0.2) is 30.7 Å². The summed E-state index contributed by atoms with van der Waals surface area (Å²) in [5.74, 6) is 5.60. The molecule has 0 saturated carbocycles. The van der Waals surface area contributed by atoms with E-state index in [0.717, 1.165) is 11.3 Å². The van der Waals surface area contributed by atoms with Crippen LogP contribution < -0.4 is 11.3 Å². The van der Waals surface area contributed by atoms with Gasteiger partial charge in [-0.05, 0) is 24.1 Å². The zero-order chi connectivity index (χ0) is 13.1. The van der Waals surface area contributed by atoms with Crippen molar-refractivity contribution in [3.63, 3.8) is 0 Å². The van der Waals surface area contributed by atoms with Crippen molar-refractivity contribution in [3.8, 4) is 0 Å². The van der Waals surface area contributed by atoms with Gasteiger partial charge in [0.2, 0.25) is 0 Å². The van der Waals surface area contributed by atoms with E-state index < -0.39 is 0 Å². The van der Waals surface area contributed by atoms with Crippen molar-refractivity contribution >= 4 is 23.2 Å². The second-order valence-electron chi connectivity index (χ2n) is 4.10. The second-order valence-corrected chi connectivity index (χ2v) is 4.92. The normalized spacial score (nSPS) is 12.7. The summed E-state index contributed by atoms with van der Waals surface area (Å²) in [4.78, 5) is 4.08. The lowest BCUT2D eigenvalue weighted by Gasteiger charge is -2.16. The first-order chi connectivity index (χ1) is 8.61. The molecule has 1 heterocycles. The molecule has 4 nitrogen and oxygen atoms in total. The zero-order valence-electron chi connectivity index (χ0n) is 9.90. The van der Waals surface area contributed by atoms with Crippen LogP contribution in [0.1, 0.15) is 17.3 Å². The Balaban J connectivity index is 2.20. The summed E-state index contributed by atoms with van der Waals surface area (Å²) in [6.45, 7) is 0. The number of hydrazine groups is 1. The molecule has 0 spiro atoms. The van der Waals surface area contributed by atoms with Gasteiger partial charge in [-0.15, -0.1) is 0 Å². The molecule has 96 valence electrons. The molecule has 0 saturated heterocycles. The molecule has 1 aromatic carbocycles. The quantitative estimate of drug-likeness (QED) is 0.670. The molecule has 6 heteroatoms. The predicted molar refractivity (Wildman–Crippen MR) is 73.4 cm³/mol. The van der Waals surface area contributed by atoms with Gasteiger partial charge >= 0.3 is 0 Å². The summed E-state index contributed by atoms with van der Waals surface area (Å²) in [6, 6.07) is 5.56. The molecule has 18 heavy (non-hydrogen) atoms. The number of rotatable bonds is 4. The molecule has 2 aromatic rings. The number of nitrogens with two attached hydrogens (primary N) is 1. The zero-order valence-corrected chi connectivity index (χ0v) is 11.4. The molecule has 1 aromatic heterocycles. The maximum absolute atomic E-state index is 6.00. The SMILES string of the molecule is Cn1cncc1C(Cc1ccc(Cl)c(Cl)c1)NN. The monoisotopic (exact) mass is 284 g/mol. The number of nitrogens with zero attached hydrogens (tertiary/aromatic N) is 2. The minimum Gasteiger partial charge on any atom is -0.336 e. The van der Waals surface area contributed by atoms with Gasteiger partial charge < -0.3 is 4.57 Å². The van der Waals surface area contributed by atoms with E-state index in [2.05, 4.69) is 10.4 Å². The van der Waals surface area contributed by atoms with E-state index in [-0.39, 0.29) is 6.04 Å². The molecule has 0 radical (unpaired) electrons. The standard InChI is InChI=1S/C12H14Cl2N4/c1-18-7-16-6-12(18)11(17-15)5-8-2-3-9(13)10(14)4-8/h2-4,6-7,11,17H,5,15H2,1H3. The molecular formula is C12H14Cl2N4. The number of nitrogens with one attached hydrogen (secondary N) is 1. The van der Waals surface area contributed by atoms with Gasteiger partial charge in [-0.2, -0.15) is 0 Å². The first kappa shape index (κ1) is 13.4. The molecule has 1 atom stereocenters. The van der Waals surface area contributed by atoms with Crippen molar-refractivity contribution in [2.75, 3.05) is 0 Å². The lowest BCUT2D eigenvalue weighted by molar-refractivity contribution is 0.522. The summed E-state index contributed by atoms with van der Waals surface area (Å²) in [5, 5.41) is 1.10. The largest absolute Gasteiger partial charge is 0.336 e. The highest BCUT2D eigenvalue weighted by Crippen LogP contribution is 2.25. The van der Waals surface area contributed by atoms with Gasteiger partial charge in [-0.3, -0.25) is 11.3 Å². The van der Waals surface area contributed by atoms with Crippen LogP contribution in [0.3, 0.4) is 0 Å². The second kappa shape index (κ2) is 5.71. The van der Waals surface area contributed by atoms with E-state index in [9.17, 15) is 0 Å². The van der Waals surface area contributed by atoms with Crippen LogP contribution in [0.5, 0.6) is 0 Å². The maximum Gasteiger partial charge on any atom is 0.0946 e. The average molecular weight is 285 g/mol. The maximum atomic E-state index is 6.00. The Morgan fingerprint density at radius 3 is 2.72 bits per heavy atom. The minimum absolute atomic E-state index is 0.0188. The summed E-state index contributed by atoms with van der Waals surface area (Å²) in [5.41, 5.74) is 4.87. The first-order valence-electron chi connectivity index (χ1n) is 5.48. The number of aromatic nitrogens is 2. The van der Waals surface area contributed by atoms with Crippen LogP contribution in [0.4, 0.5) is 0 Å². The molecule has 0 amide bonds. The van der Waals surface area contributed by atoms with Crippen molar-refractivity contribution in [1.29, 1.82) is 0 Å². The number of benzene rings is 1. The van der Waals surface area contributed by atoms with Crippen molar-refractivity contribution in [3.05, 3.63) is 52.0 Å². The third-order valence-electron chi connectivity index (χ3n) is 2.84. The lowest BCUT2D eigenvalue weighted by atomic mass is 10.0. The van der Waals surface area contributed by atoms with Crippen molar-refractivity contribution in [1.82, 2.24) is 15.0 Å². The Hall–Kier alpha value is -1.07. The summed E-state index contributed by atoms with van der Waals surface area (Å²) < 4.78 is 1.93. The number of hydrogen-bond donors (Lipinski definition) is 2. The summed E-state index contributed by atoms with van der Waals surface area (Å²) in [7, 11) is 1.93. The van der Waals surface area contributed by atoms with E-state index >= 15 is 0 Å². The highest BCUT2D eigenvalue weighted by molar-refractivity contribution is 6.42. The smallest absolute Gasteiger partial charge is 0.0946 e. The number of halogens is 2. The highest BCUT2D eigenvalue weighted by Gasteiger charge is 2.14. The molecule has 1 unspecified atom stereocenters. The van der Waals surface area contributed by atoms with Crippen molar-refractivity contribution in [2.45, 2.75) is 12.5 Å². The van der Waals surface area contributed by atoms with Gasteiger partial charge in [0.25, 0.3) is 0 Å². The predicted octanol–water partition coefficient (Wildman–Crippen LogP) is 2.47. The van der Waals surface area contributed by atoms with E-state index in [1.165, 1.54) is 0 Å². The molecule has 0 aliphatic rings. The van der Waals surface area contributed by atoms with Gasteiger partial charge in [0.15, 0.2) is 0 Å². The fraction of sp³-hybridized carbons (Fsp3) is 0.250. The molecule has 3 N–H and O–H groups in total. The Morgan fingerprint density at radius 2 is 2.17 bits per heavy atom.